The van der Waals surface area contributed by atoms with Gasteiger partial charge in [-0.05, 0) is 12.1 Å². The van der Waals surface area contributed by atoms with Crippen molar-refractivity contribution in [3.63, 3.8) is 0 Å². The summed E-state index contributed by atoms with van der Waals surface area (Å²) in [5, 5.41) is 0. The molecule has 0 fully saturated rings. The van der Waals surface area contributed by atoms with Crippen LogP contribution in [0.2, 0.25) is 0 Å². The minimum Gasteiger partial charge on any atom is -0.358 e. The van der Waals surface area contributed by atoms with E-state index in [9.17, 15) is 9.59 Å². The van der Waals surface area contributed by atoms with E-state index in [-0.39, 0.29) is 17.9 Å². The van der Waals surface area contributed by atoms with Crippen molar-refractivity contribution in [2.45, 2.75) is 13.0 Å². The SMILES string of the molecule is C=CCN(CC=C)C(=O)CCn1c(=O)c(N(C)C)nc2ccccc21. The molecule has 0 unspecified atom stereocenters. The van der Waals surface area contributed by atoms with E-state index in [0.29, 0.717) is 25.5 Å². The molecule has 0 saturated carbocycles. The molecule has 1 aromatic carbocycles. The predicted octanol–water partition coefficient (Wildman–Crippen LogP) is 2.05. The second kappa shape index (κ2) is 8.28. The Labute approximate surface area is 147 Å². The lowest BCUT2D eigenvalue weighted by atomic mass is 10.2. The van der Waals surface area contributed by atoms with Crippen molar-refractivity contribution in [3.05, 3.63) is 59.9 Å². The van der Waals surface area contributed by atoms with Crippen LogP contribution in [0.3, 0.4) is 0 Å². The Hall–Kier alpha value is -2.89. The van der Waals surface area contributed by atoms with E-state index in [1.165, 1.54) is 0 Å². The molecule has 2 aromatic rings. The zero-order valence-electron chi connectivity index (χ0n) is 14.8. The molecule has 132 valence electrons. The van der Waals surface area contributed by atoms with Gasteiger partial charge in [0.1, 0.15) is 0 Å². The third-order valence-corrected chi connectivity index (χ3v) is 3.86. The highest BCUT2D eigenvalue weighted by molar-refractivity contribution is 5.78. The van der Waals surface area contributed by atoms with Gasteiger partial charge in [0.2, 0.25) is 5.91 Å². The van der Waals surface area contributed by atoms with Crippen molar-refractivity contribution in [3.8, 4) is 0 Å². The molecule has 0 spiro atoms. The molecule has 0 saturated heterocycles. The van der Waals surface area contributed by atoms with E-state index in [2.05, 4.69) is 18.1 Å². The highest BCUT2D eigenvalue weighted by atomic mass is 16.2. The van der Waals surface area contributed by atoms with Gasteiger partial charge in [-0.3, -0.25) is 9.59 Å². The van der Waals surface area contributed by atoms with Crippen LogP contribution in [0.15, 0.2) is 54.4 Å². The minimum atomic E-state index is -0.199. The Bertz CT molecular complexity index is 829. The summed E-state index contributed by atoms with van der Waals surface area (Å²) in [5.74, 6) is 0.319. The molecule has 0 bridgehead atoms. The quantitative estimate of drug-likeness (QED) is 0.690. The second-order valence-corrected chi connectivity index (χ2v) is 5.90. The Morgan fingerprint density at radius 1 is 1.20 bits per heavy atom. The monoisotopic (exact) mass is 340 g/mol. The fraction of sp³-hybridized carbons (Fsp3) is 0.316. The minimum absolute atomic E-state index is 0.0426. The van der Waals surface area contributed by atoms with Crippen molar-refractivity contribution in [2.75, 3.05) is 32.1 Å². The summed E-state index contributed by atoms with van der Waals surface area (Å²) in [5.41, 5.74) is 1.26. The number of hydrogen-bond acceptors (Lipinski definition) is 4. The predicted molar refractivity (Wildman–Crippen MR) is 102 cm³/mol. The number of nitrogens with zero attached hydrogens (tertiary/aromatic N) is 4. The summed E-state index contributed by atoms with van der Waals surface area (Å²) in [4.78, 5) is 33.0. The third-order valence-electron chi connectivity index (χ3n) is 3.86. The summed E-state index contributed by atoms with van der Waals surface area (Å²) >= 11 is 0. The van der Waals surface area contributed by atoms with E-state index in [1.54, 1.807) is 40.6 Å². The zero-order chi connectivity index (χ0) is 18.4. The van der Waals surface area contributed by atoms with E-state index >= 15 is 0 Å². The zero-order valence-corrected chi connectivity index (χ0v) is 14.8. The fourth-order valence-electron chi connectivity index (χ4n) is 2.65. The molecule has 0 N–H and O–H groups in total. The first-order valence-electron chi connectivity index (χ1n) is 8.16. The molecule has 25 heavy (non-hydrogen) atoms. The lowest BCUT2D eigenvalue weighted by Gasteiger charge is -2.20. The number of benzene rings is 1. The topological polar surface area (TPSA) is 58.4 Å². The normalized spacial score (nSPS) is 10.5. The molecule has 0 radical (unpaired) electrons. The molecule has 2 rings (SSSR count). The van der Waals surface area contributed by atoms with Crippen molar-refractivity contribution < 1.29 is 4.79 Å². The maximum absolute atomic E-state index is 12.8. The van der Waals surface area contributed by atoms with Gasteiger partial charge in [0.25, 0.3) is 5.56 Å². The van der Waals surface area contributed by atoms with Gasteiger partial charge in [0.15, 0.2) is 5.82 Å². The summed E-state index contributed by atoms with van der Waals surface area (Å²) in [6, 6.07) is 7.45. The number of anilines is 1. The number of hydrogen-bond donors (Lipinski definition) is 0. The van der Waals surface area contributed by atoms with Crippen LogP contribution >= 0.6 is 0 Å². The number of carbonyl (C=O) groups excluding carboxylic acids is 1. The van der Waals surface area contributed by atoms with Crippen molar-refractivity contribution in [1.29, 1.82) is 0 Å². The summed E-state index contributed by atoms with van der Waals surface area (Å²) < 4.78 is 1.62. The number of aryl methyl sites for hydroxylation is 1. The van der Waals surface area contributed by atoms with Crippen molar-refractivity contribution >= 4 is 22.8 Å². The first-order valence-corrected chi connectivity index (χ1v) is 8.16. The Kier molecular flexibility index (Phi) is 6.11. The van der Waals surface area contributed by atoms with E-state index < -0.39 is 0 Å². The number of fused-ring (bicyclic) bond motifs is 1. The van der Waals surface area contributed by atoms with Gasteiger partial charge in [-0.15, -0.1) is 13.2 Å². The largest absolute Gasteiger partial charge is 0.358 e. The number of amides is 1. The number of carbonyl (C=O) groups is 1. The Morgan fingerprint density at radius 2 is 1.84 bits per heavy atom. The Morgan fingerprint density at radius 3 is 2.44 bits per heavy atom. The van der Waals surface area contributed by atoms with Gasteiger partial charge in [0.05, 0.1) is 11.0 Å². The Balaban J connectivity index is 2.35. The lowest BCUT2D eigenvalue weighted by Crippen LogP contribution is -2.34. The molecule has 0 aliphatic carbocycles. The van der Waals surface area contributed by atoms with Crippen molar-refractivity contribution in [1.82, 2.24) is 14.5 Å². The number of rotatable bonds is 8. The maximum atomic E-state index is 12.8. The summed E-state index contributed by atoms with van der Waals surface area (Å²) in [6.45, 7) is 8.56. The summed E-state index contributed by atoms with van der Waals surface area (Å²) in [7, 11) is 3.56. The molecule has 0 aliphatic heterocycles. The molecule has 1 heterocycles. The van der Waals surface area contributed by atoms with Crippen LogP contribution in [0.4, 0.5) is 5.82 Å². The molecule has 1 amide bonds. The highest BCUT2D eigenvalue weighted by Crippen LogP contribution is 2.13. The standard InChI is InChI=1S/C19H24N4O2/c1-5-12-22(13-6-2)17(24)11-14-23-16-10-8-7-9-15(16)20-18(19(23)25)21(3)4/h5-10H,1-2,11-14H2,3-4H3. The van der Waals surface area contributed by atoms with Crippen LogP contribution in [0, 0.1) is 0 Å². The number of aromatic nitrogens is 2. The van der Waals surface area contributed by atoms with Crippen LogP contribution in [0.5, 0.6) is 0 Å². The molecule has 6 nitrogen and oxygen atoms in total. The molecular weight excluding hydrogens is 316 g/mol. The first kappa shape index (κ1) is 18.4. The van der Waals surface area contributed by atoms with Gasteiger partial charge in [-0.1, -0.05) is 24.3 Å². The van der Waals surface area contributed by atoms with Gasteiger partial charge in [-0.2, -0.15) is 0 Å². The summed E-state index contributed by atoms with van der Waals surface area (Å²) in [6.07, 6.45) is 3.58. The van der Waals surface area contributed by atoms with Gasteiger partial charge < -0.3 is 14.4 Å². The smallest absolute Gasteiger partial charge is 0.293 e. The average molecular weight is 340 g/mol. The van der Waals surface area contributed by atoms with Crippen LogP contribution in [0.1, 0.15) is 6.42 Å². The van der Waals surface area contributed by atoms with E-state index in [0.717, 1.165) is 11.0 Å². The van der Waals surface area contributed by atoms with Crippen LogP contribution < -0.4 is 10.5 Å². The third kappa shape index (κ3) is 4.15. The lowest BCUT2D eigenvalue weighted by molar-refractivity contribution is -0.130. The number of para-hydroxylation sites is 2. The molecular formula is C19H24N4O2. The molecule has 1 aromatic heterocycles. The molecule has 0 atom stereocenters. The van der Waals surface area contributed by atoms with Gasteiger partial charge >= 0.3 is 0 Å². The van der Waals surface area contributed by atoms with Crippen LogP contribution in [-0.2, 0) is 11.3 Å². The van der Waals surface area contributed by atoms with Gasteiger partial charge in [-0.25, -0.2) is 4.98 Å². The van der Waals surface area contributed by atoms with Crippen LogP contribution in [-0.4, -0.2) is 47.5 Å². The average Bonchev–Trinajstić information content (AvgIpc) is 2.59. The molecule has 0 aliphatic rings. The highest BCUT2D eigenvalue weighted by Gasteiger charge is 2.15. The molecule has 6 heteroatoms. The second-order valence-electron chi connectivity index (χ2n) is 5.90. The van der Waals surface area contributed by atoms with E-state index in [4.69, 9.17) is 0 Å². The van der Waals surface area contributed by atoms with E-state index in [1.807, 2.05) is 24.3 Å². The fourth-order valence-corrected chi connectivity index (χ4v) is 2.65. The van der Waals surface area contributed by atoms with Crippen molar-refractivity contribution in [2.24, 2.45) is 0 Å². The van der Waals surface area contributed by atoms with Gasteiger partial charge in [0, 0.05) is 40.2 Å². The maximum Gasteiger partial charge on any atom is 0.293 e. The van der Waals surface area contributed by atoms with Crippen LogP contribution in [0.25, 0.3) is 11.0 Å². The first-order chi connectivity index (χ1) is 12.0.